The fourth-order valence-electron chi connectivity index (χ4n) is 0.655. The summed E-state index contributed by atoms with van der Waals surface area (Å²) in [7, 11) is 0. The molecule has 0 fully saturated rings. The van der Waals surface area contributed by atoms with E-state index in [1.165, 1.54) is 6.08 Å². The predicted octanol–water partition coefficient (Wildman–Crippen LogP) is 2.06. The van der Waals surface area contributed by atoms with Gasteiger partial charge in [0.1, 0.15) is 10.9 Å². The number of carbonyl (C=O) groups is 1. The fourth-order valence-corrected chi connectivity index (χ4v) is 1.01. The SMILES string of the molecule is O=C/C=C/c1cccc(Br)n1. The second-order valence-electron chi connectivity index (χ2n) is 1.88. The molecule has 0 unspecified atom stereocenters. The highest BCUT2D eigenvalue weighted by atomic mass is 79.9. The maximum Gasteiger partial charge on any atom is 0.142 e. The van der Waals surface area contributed by atoms with Gasteiger partial charge in [-0.05, 0) is 40.2 Å². The van der Waals surface area contributed by atoms with Crippen LogP contribution in [0.5, 0.6) is 0 Å². The number of pyridine rings is 1. The highest BCUT2D eigenvalue weighted by Crippen LogP contribution is 2.06. The van der Waals surface area contributed by atoms with Crippen molar-refractivity contribution in [2.75, 3.05) is 0 Å². The number of carbonyl (C=O) groups excluding carboxylic acids is 1. The number of rotatable bonds is 2. The number of halogens is 1. The molecule has 0 aliphatic rings. The van der Waals surface area contributed by atoms with Gasteiger partial charge in [0.2, 0.25) is 0 Å². The molecule has 0 N–H and O–H groups in total. The molecule has 56 valence electrons. The molecule has 2 nitrogen and oxygen atoms in total. The van der Waals surface area contributed by atoms with Crippen LogP contribution in [0.25, 0.3) is 6.08 Å². The Balaban J connectivity index is 2.87. The largest absolute Gasteiger partial charge is 0.299 e. The molecule has 1 aromatic heterocycles. The molecule has 0 aliphatic carbocycles. The zero-order chi connectivity index (χ0) is 8.10. The van der Waals surface area contributed by atoms with Gasteiger partial charge in [-0.25, -0.2) is 4.98 Å². The van der Waals surface area contributed by atoms with Gasteiger partial charge in [-0.3, -0.25) is 4.79 Å². The monoisotopic (exact) mass is 211 g/mol. The van der Waals surface area contributed by atoms with Crippen LogP contribution in [0.2, 0.25) is 0 Å². The molecular formula is C8H6BrNO. The first kappa shape index (κ1) is 8.14. The lowest BCUT2D eigenvalue weighted by atomic mass is 10.3. The molecular weight excluding hydrogens is 206 g/mol. The van der Waals surface area contributed by atoms with Crippen molar-refractivity contribution in [1.82, 2.24) is 4.98 Å². The Bertz CT molecular complexity index is 283. The Hall–Kier alpha value is -0.960. The Morgan fingerprint density at radius 1 is 1.45 bits per heavy atom. The second-order valence-corrected chi connectivity index (χ2v) is 2.69. The van der Waals surface area contributed by atoms with E-state index < -0.39 is 0 Å². The number of aromatic nitrogens is 1. The lowest BCUT2D eigenvalue weighted by Gasteiger charge is -1.90. The van der Waals surface area contributed by atoms with Crippen LogP contribution in [-0.2, 0) is 4.79 Å². The molecule has 0 spiro atoms. The minimum absolute atomic E-state index is 0.725. The molecule has 0 saturated heterocycles. The Labute approximate surface area is 73.1 Å². The third kappa shape index (κ3) is 2.63. The number of nitrogens with zero attached hydrogens (tertiary/aromatic N) is 1. The van der Waals surface area contributed by atoms with Crippen molar-refractivity contribution < 1.29 is 4.79 Å². The van der Waals surface area contributed by atoms with E-state index in [4.69, 9.17) is 0 Å². The van der Waals surface area contributed by atoms with Gasteiger partial charge in [0, 0.05) is 0 Å². The van der Waals surface area contributed by atoms with E-state index in [0.29, 0.717) is 0 Å². The number of allylic oxidation sites excluding steroid dienone is 1. The lowest BCUT2D eigenvalue weighted by Crippen LogP contribution is -1.79. The van der Waals surface area contributed by atoms with E-state index in [0.717, 1.165) is 16.6 Å². The molecule has 3 heteroatoms. The molecule has 0 atom stereocenters. The molecule has 0 radical (unpaired) electrons. The van der Waals surface area contributed by atoms with Crippen LogP contribution in [0, 0.1) is 0 Å². The average molecular weight is 212 g/mol. The maximum atomic E-state index is 9.94. The van der Waals surface area contributed by atoms with Gasteiger partial charge < -0.3 is 0 Å². The fraction of sp³-hybridized carbons (Fsp3) is 0. The Morgan fingerprint density at radius 3 is 2.91 bits per heavy atom. The van der Waals surface area contributed by atoms with E-state index in [1.54, 1.807) is 6.08 Å². The summed E-state index contributed by atoms with van der Waals surface area (Å²) in [6, 6.07) is 5.52. The minimum Gasteiger partial charge on any atom is -0.299 e. The third-order valence-corrected chi connectivity index (χ3v) is 1.52. The third-order valence-electron chi connectivity index (χ3n) is 1.08. The van der Waals surface area contributed by atoms with Gasteiger partial charge in [0.25, 0.3) is 0 Å². The highest BCUT2D eigenvalue weighted by molar-refractivity contribution is 9.10. The molecule has 0 amide bonds. The summed E-state index contributed by atoms with van der Waals surface area (Å²) in [4.78, 5) is 14.0. The second kappa shape index (κ2) is 4.03. The first-order valence-electron chi connectivity index (χ1n) is 3.07. The molecule has 0 saturated carbocycles. The molecule has 11 heavy (non-hydrogen) atoms. The number of hydrogen-bond acceptors (Lipinski definition) is 2. The zero-order valence-corrected chi connectivity index (χ0v) is 7.28. The van der Waals surface area contributed by atoms with E-state index in [9.17, 15) is 4.79 Å². The minimum atomic E-state index is 0.725. The van der Waals surface area contributed by atoms with E-state index >= 15 is 0 Å². The first-order chi connectivity index (χ1) is 5.33. The summed E-state index contributed by atoms with van der Waals surface area (Å²) in [5.74, 6) is 0. The van der Waals surface area contributed by atoms with Crippen molar-refractivity contribution in [3.63, 3.8) is 0 Å². The van der Waals surface area contributed by atoms with Gasteiger partial charge >= 0.3 is 0 Å². The number of hydrogen-bond donors (Lipinski definition) is 0. The average Bonchev–Trinajstić information content (AvgIpc) is 2.01. The molecule has 1 aromatic rings. The summed E-state index contributed by atoms with van der Waals surface area (Å²) in [5, 5.41) is 0. The molecule has 1 heterocycles. The van der Waals surface area contributed by atoms with Crippen molar-refractivity contribution in [2.24, 2.45) is 0 Å². The summed E-state index contributed by atoms with van der Waals surface area (Å²) in [5.41, 5.74) is 0.770. The predicted molar refractivity (Wildman–Crippen MR) is 47.0 cm³/mol. The van der Waals surface area contributed by atoms with Crippen molar-refractivity contribution in [1.29, 1.82) is 0 Å². The highest BCUT2D eigenvalue weighted by Gasteiger charge is 1.88. The summed E-state index contributed by atoms with van der Waals surface area (Å²) in [6.07, 6.45) is 3.79. The standard InChI is InChI=1S/C8H6BrNO/c9-8-5-1-3-7(10-8)4-2-6-11/h1-6H/b4-2+. The van der Waals surface area contributed by atoms with Crippen molar-refractivity contribution in [3.05, 3.63) is 34.6 Å². The Kier molecular flexibility index (Phi) is 2.98. The van der Waals surface area contributed by atoms with Gasteiger partial charge in [-0.1, -0.05) is 6.07 Å². The molecule has 0 aliphatic heterocycles. The van der Waals surface area contributed by atoms with Crippen LogP contribution in [-0.4, -0.2) is 11.3 Å². The van der Waals surface area contributed by atoms with Gasteiger partial charge in [0.15, 0.2) is 0 Å². The van der Waals surface area contributed by atoms with E-state index in [2.05, 4.69) is 20.9 Å². The normalized spacial score (nSPS) is 10.3. The molecule has 0 aromatic carbocycles. The topological polar surface area (TPSA) is 30.0 Å². The van der Waals surface area contributed by atoms with Crippen LogP contribution < -0.4 is 0 Å². The van der Waals surface area contributed by atoms with Crippen molar-refractivity contribution >= 4 is 28.3 Å². The first-order valence-corrected chi connectivity index (χ1v) is 3.86. The van der Waals surface area contributed by atoms with Gasteiger partial charge in [-0.2, -0.15) is 0 Å². The smallest absolute Gasteiger partial charge is 0.142 e. The van der Waals surface area contributed by atoms with Crippen molar-refractivity contribution in [2.45, 2.75) is 0 Å². The molecule has 0 bridgehead atoms. The van der Waals surface area contributed by atoms with E-state index in [-0.39, 0.29) is 0 Å². The van der Waals surface area contributed by atoms with Gasteiger partial charge in [0.05, 0.1) is 5.69 Å². The maximum absolute atomic E-state index is 9.94. The van der Waals surface area contributed by atoms with Crippen LogP contribution in [0.4, 0.5) is 0 Å². The number of aldehydes is 1. The zero-order valence-electron chi connectivity index (χ0n) is 5.70. The summed E-state index contributed by atoms with van der Waals surface area (Å²) >= 11 is 3.22. The lowest BCUT2D eigenvalue weighted by molar-refractivity contribution is -0.104. The van der Waals surface area contributed by atoms with E-state index in [1.807, 2.05) is 18.2 Å². The van der Waals surface area contributed by atoms with Crippen LogP contribution >= 0.6 is 15.9 Å². The van der Waals surface area contributed by atoms with Crippen LogP contribution in [0.15, 0.2) is 28.9 Å². The van der Waals surface area contributed by atoms with Gasteiger partial charge in [-0.15, -0.1) is 0 Å². The van der Waals surface area contributed by atoms with Crippen LogP contribution in [0.1, 0.15) is 5.69 Å². The van der Waals surface area contributed by atoms with Crippen molar-refractivity contribution in [3.8, 4) is 0 Å². The molecule has 1 rings (SSSR count). The summed E-state index contributed by atoms with van der Waals surface area (Å²) < 4.78 is 0.769. The Morgan fingerprint density at radius 2 is 2.27 bits per heavy atom. The quantitative estimate of drug-likeness (QED) is 0.426. The summed E-state index contributed by atoms with van der Waals surface area (Å²) in [6.45, 7) is 0. The van der Waals surface area contributed by atoms with Crippen LogP contribution in [0.3, 0.4) is 0 Å².